The summed E-state index contributed by atoms with van der Waals surface area (Å²) >= 11 is 0. The van der Waals surface area contributed by atoms with Crippen LogP contribution in [-0.2, 0) is 4.79 Å². The molecule has 0 aliphatic rings. The zero-order chi connectivity index (χ0) is 20.1. The predicted molar refractivity (Wildman–Crippen MR) is 101 cm³/mol. The first-order chi connectivity index (χ1) is 13.4. The minimum Gasteiger partial charge on any atom is -0.484 e. The summed E-state index contributed by atoms with van der Waals surface area (Å²) in [5, 5.41) is 0. The molecule has 0 aliphatic carbocycles. The van der Waals surface area contributed by atoms with Crippen molar-refractivity contribution in [3.8, 4) is 17.1 Å². The number of carbonyl (C=O) groups is 2. The molecule has 0 unspecified atom stereocenters. The fourth-order valence-electron chi connectivity index (χ4n) is 2.65. The van der Waals surface area contributed by atoms with Gasteiger partial charge < -0.3 is 9.15 Å². The summed E-state index contributed by atoms with van der Waals surface area (Å²) in [5.74, 6) is -0.933. The highest BCUT2D eigenvalue weighted by molar-refractivity contribution is 5.93. The second-order valence-electron chi connectivity index (χ2n) is 6.26. The van der Waals surface area contributed by atoms with Crippen molar-refractivity contribution in [1.29, 1.82) is 0 Å². The maximum Gasteiger partial charge on any atom is 0.305 e. The smallest absolute Gasteiger partial charge is 0.305 e. The van der Waals surface area contributed by atoms with Crippen molar-refractivity contribution in [1.82, 2.24) is 10.9 Å². The maximum atomic E-state index is 13.8. The normalized spacial score (nSPS) is 10.4. The Hall–Kier alpha value is -3.61. The Morgan fingerprint density at radius 2 is 1.71 bits per heavy atom. The molecule has 7 heteroatoms. The van der Waals surface area contributed by atoms with Crippen LogP contribution in [0.5, 0.6) is 5.75 Å². The summed E-state index contributed by atoms with van der Waals surface area (Å²) < 4.78 is 24.6. The Kier molecular flexibility index (Phi) is 5.74. The van der Waals surface area contributed by atoms with E-state index in [4.69, 9.17) is 9.15 Å². The van der Waals surface area contributed by atoms with Crippen LogP contribution in [0.1, 0.15) is 21.7 Å². The number of halogens is 1. The topological polar surface area (TPSA) is 80.6 Å². The minimum atomic E-state index is -0.665. The molecular formula is C21H19FN2O4. The SMILES string of the molecule is Cc1cc(C)cc(OCC(=O)NNC(=O)c2ccc(-c3ccccc3F)o2)c1. The van der Waals surface area contributed by atoms with E-state index in [2.05, 4.69) is 10.9 Å². The maximum absolute atomic E-state index is 13.8. The van der Waals surface area contributed by atoms with Crippen molar-refractivity contribution in [2.45, 2.75) is 13.8 Å². The lowest BCUT2D eigenvalue weighted by atomic mass is 10.1. The van der Waals surface area contributed by atoms with E-state index < -0.39 is 17.6 Å². The number of ether oxygens (including phenoxy) is 1. The van der Waals surface area contributed by atoms with E-state index in [1.54, 1.807) is 18.2 Å². The molecule has 0 radical (unpaired) electrons. The van der Waals surface area contributed by atoms with E-state index in [1.165, 1.54) is 18.2 Å². The first-order valence-corrected chi connectivity index (χ1v) is 8.57. The van der Waals surface area contributed by atoms with Crippen molar-refractivity contribution in [2.24, 2.45) is 0 Å². The van der Waals surface area contributed by atoms with Gasteiger partial charge in [0.2, 0.25) is 0 Å². The zero-order valence-corrected chi connectivity index (χ0v) is 15.4. The first-order valence-electron chi connectivity index (χ1n) is 8.57. The highest BCUT2D eigenvalue weighted by Gasteiger charge is 2.15. The van der Waals surface area contributed by atoms with Gasteiger partial charge >= 0.3 is 5.91 Å². The molecule has 2 aromatic carbocycles. The Morgan fingerprint density at radius 1 is 1.00 bits per heavy atom. The summed E-state index contributed by atoms with van der Waals surface area (Å²) in [6, 6.07) is 14.6. The lowest BCUT2D eigenvalue weighted by molar-refractivity contribution is -0.123. The molecule has 0 saturated heterocycles. The van der Waals surface area contributed by atoms with Gasteiger partial charge in [0, 0.05) is 0 Å². The second-order valence-corrected chi connectivity index (χ2v) is 6.26. The largest absolute Gasteiger partial charge is 0.484 e. The third-order valence-electron chi connectivity index (χ3n) is 3.85. The van der Waals surface area contributed by atoms with Gasteiger partial charge in [0.1, 0.15) is 17.3 Å². The van der Waals surface area contributed by atoms with Gasteiger partial charge in [-0.1, -0.05) is 18.2 Å². The Morgan fingerprint density at radius 3 is 2.43 bits per heavy atom. The Bertz CT molecular complexity index is 993. The monoisotopic (exact) mass is 382 g/mol. The van der Waals surface area contributed by atoms with E-state index in [-0.39, 0.29) is 23.7 Å². The molecule has 2 amide bonds. The van der Waals surface area contributed by atoms with Gasteiger partial charge in [-0.25, -0.2) is 4.39 Å². The van der Waals surface area contributed by atoms with Gasteiger partial charge in [0.15, 0.2) is 12.4 Å². The molecular weight excluding hydrogens is 363 g/mol. The number of benzene rings is 2. The molecule has 2 N–H and O–H groups in total. The Labute approximate surface area is 161 Å². The highest BCUT2D eigenvalue weighted by Crippen LogP contribution is 2.24. The number of hydrogen-bond acceptors (Lipinski definition) is 4. The summed E-state index contributed by atoms with van der Waals surface area (Å²) in [4.78, 5) is 24.0. The number of carbonyl (C=O) groups excluding carboxylic acids is 2. The highest BCUT2D eigenvalue weighted by atomic mass is 19.1. The minimum absolute atomic E-state index is 0.0613. The number of rotatable bonds is 5. The van der Waals surface area contributed by atoms with Crippen LogP contribution in [0.15, 0.2) is 59.0 Å². The van der Waals surface area contributed by atoms with Crippen LogP contribution in [-0.4, -0.2) is 18.4 Å². The molecule has 0 fully saturated rings. The van der Waals surface area contributed by atoms with Gasteiger partial charge in [-0.15, -0.1) is 0 Å². The number of aryl methyl sites for hydroxylation is 2. The fraction of sp³-hybridized carbons (Fsp3) is 0.143. The van der Waals surface area contributed by atoms with E-state index in [0.29, 0.717) is 5.75 Å². The fourth-order valence-corrected chi connectivity index (χ4v) is 2.65. The molecule has 0 aliphatic heterocycles. The molecule has 0 spiro atoms. The molecule has 1 heterocycles. The van der Waals surface area contributed by atoms with Crippen molar-refractivity contribution >= 4 is 11.8 Å². The lowest BCUT2D eigenvalue weighted by Gasteiger charge is -2.09. The average molecular weight is 382 g/mol. The van der Waals surface area contributed by atoms with E-state index in [0.717, 1.165) is 11.1 Å². The predicted octanol–water partition coefficient (Wildman–Crippen LogP) is 3.54. The molecule has 0 saturated carbocycles. The van der Waals surface area contributed by atoms with E-state index in [9.17, 15) is 14.0 Å². The molecule has 3 rings (SSSR count). The van der Waals surface area contributed by atoms with Gasteiger partial charge in [-0.3, -0.25) is 20.4 Å². The van der Waals surface area contributed by atoms with E-state index in [1.807, 2.05) is 32.0 Å². The van der Waals surface area contributed by atoms with Crippen molar-refractivity contribution < 1.29 is 23.1 Å². The van der Waals surface area contributed by atoms with Crippen LogP contribution in [0.25, 0.3) is 11.3 Å². The standard InChI is InChI=1S/C21H19FN2O4/c1-13-9-14(2)11-15(10-13)27-12-20(25)23-24-21(26)19-8-7-18(28-19)16-5-3-4-6-17(16)22/h3-11H,12H2,1-2H3,(H,23,25)(H,24,26). The van der Waals surface area contributed by atoms with Crippen LogP contribution in [0, 0.1) is 19.7 Å². The molecule has 144 valence electrons. The average Bonchev–Trinajstić information content (AvgIpc) is 3.14. The molecule has 0 bridgehead atoms. The van der Waals surface area contributed by atoms with Gasteiger partial charge in [0.25, 0.3) is 5.91 Å². The number of amides is 2. The molecule has 3 aromatic rings. The van der Waals surface area contributed by atoms with Gasteiger partial charge in [-0.2, -0.15) is 0 Å². The van der Waals surface area contributed by atoms with Gasteiger partial charge in [-0.05, 0) is 61.4 Å². The quantitative estimate of drug-likeness (QED) is 0.662. The number of furan rings is 1. The van der Waals surface area contributed by atoms with Gasteiger partial charge in [0.05, 0.1) is 5.56 Å². The van der Waals surface area contributed by atoms with Crippen LogP contribution in [0.4, 0.5) is 4.39 Å². The summed E-state index contributed by atoms with van der Waals surface area (Å²) in [7, 11) is 0. The van der Waals surface area contributed by atoms with Crippen molar-refractivity contribution in [3.63, 3.8) is 0 Å². The third-order valence-corrected chi connectivity index (χ3v) is 3.85. The number of nitrogens with one attached hydrogen (secondary N) is 2. The van der Waals surface area contributed by atoms with Crippen molar-refractivity contribution in [3.05, 3.63) is 77.3 Å². The summed E-state index contributed by atoms with van der Waals surface area (Å²) in [6.07, 6.45) is 0. The number of hydrazine groups is 1. The lowest BCUT2D eigenvalue weighted by Crippen LogP contribution is -2.43. The zero-order valence-electron chi connectivity index (χ0n) is 15.4. The van der Waals surface area contributed by atoms with Crippen molar-refractivity contribution in [2.75, 3.05) is 6.61 Å². The Balaban J connectivity index is 1.53. The van der Waals surface area contributed by atoms with Crippen LogP contribution < -0.4 is 15.6 Å². The summed E-state index contributed by atoms with van der Waals surface area (Å²) in [5.41, 5.74) is 6.76. The first kappa shape index (κ1) is 19.2. The van der Waals surface area contributed by atoms with Crippen LogP contribution in [0.3, 0.4) is 0 Å². The van der Waals surface area contributed by atoms with E-state index >= 15 is 0 Å². The molecule has 0 atom stereocenters. The molecule has 28 heavy (non-hydrogen) atoms. The third kappa shape index (κ3) is 4.76. The second kappa shape index (κ2) is 8.39. The molecule has 6 nitrogen and oxygen atoms in total. The van der Waals surface area contributed by atoms with Crippen LogP contribution >= 0.6 is 0 Å². The van der Waals surface area contributed by atoms with Crippen LogP contribution in [0.2, 0.25) is 0 Å². The number of hydrogen-bond donors (Lipinski definition) is 2. The summed E-state index contributed by atoms with van der Waals surface area (Å²) in [6.45, 7) is 3.60. The molecule has 1 aromatic heterocycles.